The van der Waals surface area contributed by atoms with E-state index in [-0.39, 0.29) is 63.2 Å². The summed E-state index contributed by atoms with van der Waals surface area (Å²) in [6.45, 7) is 19.3. The molecule has 0 atom stereocenters. The van der Waals surface area contributed by atoms with E-state index in [1.54, 1.807) is 0 Å². The largest absolute Gasteiger partial charge is 2.00 e. The number of nitrogens with zero attached hydrogens (tertiary/aromatic N) is 15. The van der Waals surface area contributed by atoms with Gasteiger partial charge < -0.3 is 14.0 Å². The van der Waals surface area contributed by atoms with Crippen molar-refractivity contribution in [1.29, 1.82) is 0 Å². The molecule has 0 aliphatic carbocycles. The number of benzene rings is 14. The maximum Gasteiger partial charge on any atom is 2.00 e. The van der Waals surface area contributed by atoms with Crippen LogP contribution < -0.4 is 24.2 Å². The number of hydrogen-bond donors (Lipinski definition) is 0. The van der Waals surface area contributed by atoms with Crippen LogP contribution in [0.2, 0.25) is 0 Å². The van der Waals surface area contributed by atoms with E-state index in [2.05, 4.69) is 326 Å². The Morgan fingerprint density at radius 3 is 0.932 bits per heavy atom. The Balaban J connectivity index is 0.000000135. The van der Waals surface area contributed by atoms with Crippen molar-refractivity contribution in [1.82, 2.24) is 57.3 Å². The van der Waals surface area contributed by atoms with Gasteiger partial charge in [-0.25, -0.2) is 9.97 Å². The Labute approximate surface area is 817 Å². The van der Waals surface area contributed by atoms with Gasteiger partial charge in [0.1, 0.15) is 5.82 Å². The number of hydrogen-bond acceptors (Lipinski definition) is 11. The van der Waals surface area contributed by atoms with Crippen LogP contribution >= 0.6 is 0 Å². The fraction of sp³-hybridized carbons (Fsp3) is 0.0973. The third-order valence-electron chi connectivity index (χ3n) is 23.6. The van der Waals surface area contributed by atoms with E-state index in [9.17, 15) is 0 Å². The molecule has 20 aromatic rings. The quantitative estimate of drug-likeness (QED) is 0.135. The van der Waals surface area contributed by atoms with Crippen LogP contribution in [0, 0.1) is 98.7 Å². The molecular formula is C113H87N15O2Pt3. The number of anilines is 9. The topological polar surface area (TPSA) is 135 Å². The van der Waals surface area contributed by atoms with Gasteiger partial charge in [-0.2, -0.15) is 0 Å². The van der Waals surface area contributed by atoms with Crippen molar-refractivity contribution < 1.29 is 72.7 Å². The summed E-state index contributed by atoms with van der Waals surface area (Å²) in [5, 5.41) is 0. The molecule has 20 heteroatoms. The summed E-state index contributed by atoms with van der Waals surface area (Å²) in [4.78, 5) is 37.4. The molecule has 0 radical (unpaired) electrons. The normalized spacial score (nSPS) is 11.8. The summed E-state index contributed by atoms with van der Waals surface area (Å²) in [6, 6.07) is 124. The summed E-state index contributed by atoms with van der Waals surface area (Å²) in [5.41, 5.74) is 32.4. The van der Waals surface area contributed by atoms with E-state index >= 15 is 0 Å². The van der Waals surface area contributed by atoms with Gasteiger partial charge in [-0.3, -0.25) is 57.5 Å². The number of fused-ring (bicyclic) bond motifs is 30. The van der Waals surface area contributed by atoms with Gasteiger partial charge in [-0.05, 0) is 211 Å². The molecule has 0 N–H and O–H groups in total. The van der Waals surface area contributed by atoms with Crippen LogP contribution in [-0.2, 0) is 76.7 Å². The molecule has 656 valence electrons. The van der Waals surface area contributed by atoms with Crippen LogP contribution in [-0.4, -0.2) is 57.3 Å². The summed E-state index contributed by atoms with van der Waals surface area (Å²) in [5.74, 6) is 4.36. The van der Waals surface area contributed by atoms with E-state index in [1.807, 2.05) is 156 Å². The van der Waals surface area contributed by atoms with Gasteiger partial charge in [-0.15, -0.1) is 172 Å². The molecule has 0 fully saturated rings. The number of aryl methyl sites for hydroxylation is 10. The maximum atomic E-state index is 6.44. The second-order valence-corrected chi connectivity index (χ2v) is 33.2. The molecule has 133 heavy (non-hydrogen) atoms. The van der Waals surface area contributed by atoms with Gasteiger partial charge in [0, 0.05) is 87.6 Å². The molecule has 17 nitrogen and oxygen atoms in total. The third kappa shape index (κ3) is 17.7. The summed E-state index contributed by atoms with van der Waals surface area (Å²) >= 11 is 0. The zero-order valence-corrected chi connectivity index (χ0v) is 81.3. The van der Waals surface area contributed by atoms with Gasteiger partial charge in [0.25, 0.3) is 12.0 Å². The number of imidazole rings is 6. The molecule has 24 bridgehead atoms. The first-order valence-electron chi connectivity index (χ1n) is 43.4. The third-order valence-corrected chi connectivity index (χ3v) is 23.6. The Bertz CT molecular complexity index is 7620. The molecule has 0 saturated carbocycles. The second kappa shape index (κ2) is 37.7. The summed E-state index contributed by atoms with van der Waals surface area (Å²) in [6.07, 6.45) is 13.1. The van der Waals surface area contributed by atoms with Gasteiger partial charge in [-0.1, -0.05) is 156 Å². The molecule has 0 unspecified atom stereocenters. The standard InChI is InChI=1S/C45H34N6.C39H29N5O.C29H24N4O.3Pt/c1-31-25-32(2)43(33(3)26-31)49-30-42-35-16-14-23-39(28-35)50(37-19-9-5-10-20-37)44-46-41(29-48(44)36-17-7-4-8-18-36)34-15-13-24-40(27-34)51(45(49)47-42)38-21-11-6-12-22-38;1-26-20-27(2)37(28(3)21-26)43-25-35-30-13-11-19-34(23-30)45-39-41-36(24-42(39)31-14-6-4-7-15-31)29-12-10-18-33(22-29)44(38(43)40-35)32-16-8-5-9-17-32;1-18-11-19(2)28(20(3)12-18)33-17-26-22-8-5-7-21(13-22)14-27-30-25(16-32(27)4)23-9-6-10-24(15-23)34-29(33)31-26;;;/h4-26,29-30H,1-3H3;4-21,24-25H,1-3H3;5-12,16-17H,14H2,1-4H3;;;/q3*-2;3*+2. The first kappa shape index (κ1) is 89.0. The summed E-state index contributed by atoms with van der Waals surface area (Å²) in [7, 11) is 2.02. The van der Waals surface area contributed by atoms with Crippen LogP contribution in [0.1, 0.15) is 61.5 Å². The van der Waals surface area contributed by atoms with Gasteiger partial charge >= 0.3 is 63.2 Å². The number of aromatic nitrogens is 12. The monoisotopic (exact) mass is 2270 g/mol. The first-order chi connectivity index (χ1) is 63.5. The Hall–Kier alpha value is -14.6. The second-order valence-electron chi connectivity index (χ2n) is 33.2. The van der Waals surface area contributed by atoms with Crippen molar-refractivity contribution >= 4 is 52.0 Å². The molecular weight excluding hydrogens is 2180 g/mol. The van der Waals surface area contributed by atoms with Gasteiger partial charge in [0.05, 0.1) is 17.1 Å². The molecule has 6 aromatic heterocycles. The molecule has 9 heterocycles. The van der Waals surface area contributed by atoms with Crippen molar-refractivity contribution in [2.24, 2.45) is 7.05 Å². The van der Waals surface area contributed by atoms with Crippen LogP contribution in [0.5, 0.6) is 23.5 Å². The number of rotatable bonds is 8. The fourth-order valence-corrected chi connectivity index (χ4v) is 18.1. The molecule has 14 aromatic carbocycles. The van der Waals surface area contributed by atoms with Crippen molar-refractivity contribution in [3.8, 4) is 120 Å². The Morgan fingerprint density at radius 2 is 0.541 bits per heavy atom. The van der Waals surface area contributed by atoms with E-state index < -0.39 is 0 Å². The molecule has 3 aliphatic rings. The van der Waals surface area contributed by atoms with Crippen LogP contribution in [0.25, 0.3) is 96.0 Å². The van der Waals surface area contributed by atoms with Gasteiger partial charge in [0.15, 0.2) is 0 Å². The minimum atomic E-state index is 0. The predicted octanol–water partition coefficient (Wildman–Crippen LogP) is 26.8. The molecule has 3 aliphatic heterocycles. The Morgan fingerprint density at radius 1 is 0.256 bits per heavy atom. The average molecular weight is 2270 g/mol. The maximum absolute atomic E-state index is 6.44. The van der Waals surface area contributed by atoms with Crippen molar-refractivity contribution in [3.05, 3.63) is 432 Å². The SMILES string of the molecule is Cc1cc(C)c(-n2cc3nc2N(c2ccccc2)c2[c-]c(ccc2)-c2cn(-c4ccccc4)c(n2)N(c2ccccc2)c2[c-]c-3ccc2)c(C)c1.Cc1cc(C)c(-n2cc3nc2N(c2ccccc2)c2[c-]c(ccc2)-c2cn(-c4ccccc4)c(n2)Oc2[c-]c-3ccc2)c(C)c1.Cc1cc(C)c(-n2cc3nc2Oc2[c-]c(ccc2)-c2cn(C)c(n2)Cc2[c-]c-3ccc2)c(C)c1.[Pt+2].[Pt+2].[Pt+2]. The van der Waals surface area contributed by atoms with Crippen LogP contribution in [0.4, 0.5) is 52.0 Å². The van der Waals surface area contributed by atoms with Crippen molar-refractivity contribution in [2.45, 2.75) is 68.7 Å². The van der Waals surface area contributed by atoms with Crippen LogP contribution in [0.15, 0.2) is 334 Å². The molecule has 0 saturated heterocycles. The summed E-state index contributed by atoms with van der Waals surface area (Å²) < 4.78 is 25.4. The predicted molar refractivity (Wildman–Crippen MR) is 517 cm³/mol. The van der Waals surface area contributed by atoms with Gasteiger partial charge in [0.2, 0.25) is 17.8 Å². The minimum Gasteiger partial charge on any atom is -0.446 e. The minimum absolute atomic E-state index is 0. The van der Waals surface area contributed by atoms with Crippen molar-refractivity contribution in [2.75, 3.05) is 14.7 Å². The molecule has 0 amide bonds. The molecule has 23 rings (SSSR count). The molecule has 0 spiro atoms. The number of ether oxygens (including phenoxy) is 2. The first-order valence-corrected chi connectivity index (χ1v) is 43.4. The Kier molecular flexibility index (Phi) is 25.2. The smallest absolute Gasteiger partial charge is 0.446 e. The van der Waals surface area contributed by atoms with Crippen LogP contribution in [0.3, 0.4) is 0 Å². The fourth-order valence-electron chi connectivity index (χ4n) is 18.1. The van der Waals surface area contributed by atoms with E-state index in [4.69, 9.17) is 39.4 Å². The average Bonchev–Trinajstić information content (AvgIpc) is 1.64. The number of para-hydroxylation sites is 5. The van der Waals surface area contributed by atoms with Crippen molar-refractivity contribution in [3.63, 3.8) is 0 Å². The van der Waals surface area contributed by atoms with E-state index in [0.717, 1.165) is 159 Å². The zero-order valence-electron chi connectivity index (χ0n) is 74.4. The zero-order chi connectivity index (χ0) is 88.4. The van der Waals surface area contributed by atoms with E-state index in [0.29, 0.717) is 29.9 Å². The van der Waals surface area contributed by atoms with E-state index in [1.165, 1.54) is 50.1 Å².